The Hall–Kier alpha value is -0.810. The van der Waals surface area contributed by atoms with Gasteiger partial charge >= 0.3 is 0 Å². The van der Waals surface area contributed by atoms with Crippen LogP contribution in [0.25, 0.3) is 0 Å². The van der Waals surface area contributed by atoms with Crippen molar-refractivity contribution in [2.75, 3.05) is 13.2 Å². The van der Waals surface area contributed by atoms with E-state index in [-0.39, 0.29) is 12.5 Å². The van der Waals surface area contributed by atoms with Gasteiger partial charge in [-0.15, -0.1) is 0 Å². The summed E-state index contributed by atoms with van der Waals surface area (Å²) in [4.78, 5) is 13.1. The number of aliphatic hydroxyl groups excluding tert-OH is 5. The van der Waals surface area contributed by atoms with E-state index in [1.807, 2.05) is 0 Å². The van der Waals surface area contributed by atoms with E-state index < -0.39 is 49.5 Å². The van der Waals surface area contributed by atoms with Crippen molar-refractivity contribution in [1.29, 1.82) is 0 Å². The zero-order valence-corrected chi connectivity index (χ0v) is 45.9. The van der Waals surface area contributed by atoms with Crippen molar-refractivity contribution in [3.8, 4) is 0 Å². The summed E-state index contributed by atoms with van der Waals surface area (Å²) in [5.41, 5.74) is 0. The van der Waals surface area contributed by atoms with Crippen LogP contribution in [0.4, 0.5) is 0 Å². The van der Waals surface area contributed by atoms with Gasteiger partial charge in [-0.25, -0.2) is 0 Å². The minimum Gasteiger partial charge on any atom is -0.394 e. The van der Waals surface area contributed by atoms with E-state index in [1.54, 1.807) is 0 Å². The van der Waals surface area contributed by atoms with Gasteiger partial charge in [-0.05, 0) is 12.8 Å². The molecule has 1 aliphatic rings. The predicted octanol–water partition coefficient (Wildman–Crippen LogP) is 15.4. The molecule has 1 aliphatic heterocycles. The lowest BCUT2D eigenvalue weighted by molar-refractivity contribution is -0.302. The summed E-state index contributed by atoms with van der Waals surface area (Å²) in [6.07, 6.45) is 54.4. The third-order valence-electron chi connectivity index (χ3n) is 15.2. The Balaban J connectivity index is 2.11. The lowest BCUT2D eigenvalue weighted by atomic mass is 9.99. The number of hydrogen-bond donors (Lipinski definition) is 6. The Labute approximate surface area is 427 Å². The van der Waals surface area contributed by atoms with Crippen LogP contribution in [0.2, 0.25) is 0 Å². The topological polar surface area (TPSA) is 149 Å². The van der Waals surface area contributed by atoms with Crippen molar-refractivity contribution < 1.29 is 39.8 Å². The SMILES string of the molecule is CCCCCCCCCCCCCCCCCCCCCCCCCCCCCCCCC(=O)N[C@@H](CO[C@@H]1O[C@H](CO)[C@@H](O)C(O)C1O)[C@H](O)CCCCCCCCCCCCCCCCCC. The molecule has 0 radical (unpaired) electrons. The normalized spacial score (nSPS) is 19.3. The fraction of sp³-hybridized carbons (Fsp3) is 0.983. The molecule has 9 heteroatoms. The molecule has 0 aromatic heterocycles. The lowest BCUT2D eigenvalue weighted by Crippen LogP contribution is -2.60. The van der Waals surface area contributed by atoms with Gasteiger partial charge in [0, 0.05) is 6.42 Å². The molecule has 0 bridgehead atoms. The molecule has 1 saturated heterocycles. The molecule has 1 rings (SSSR count). The minimum absolute atomic E-state index is 0.131. The molecule has 9 nitrogen and oxygen atoms in total. The van der Waals surface area contributed by atoms with Crippen LogP contribution < -0.4 is 5.32 Å². The van der Waals surface area contributed by atoms with E-state index in [1.165, 1.54) is 257 Å². The summed E-state index contributed by atoms with van der Waals surface area (Å²) in [7, 11) is 0. The summed E-state index contributed by atoms with van der Waals surface area (Å²) >= 11 is 0. The summed E-state index contributed by atoms with van der Waals surface area (Å²) in [6.45, 7) is 3.89. The van der Waals surface area contributed by atoms with E-state index >= 15 is 0 Å². The van der Waals surface area contributed by atoms with Crippen LogP contribution in [-0.2, 0) is 14.3 Å². The average molecular weight is 983 g/mol. The first-order valence-electron chi connectivity index (χ1n) is 30.7. The summed E-state index contributed by atoms with van der Waals surface area (Å²) in [5, 5.41) is 54.7. The first-order valence-corrected chi connectivity index (χ1v) is 30.7. The van der Waals surface area contributed by atoms with E-state index in [0.29, 0.717) is 12.8 Å². The van der Waals surface area contributed by atoms with Gasteiger partial charge in [0.1, 0.15) is 24.4 Å². The summed E-state index contributed by atoms with van der Waals surface area (Å²) < 4.78 is 11.3. The zero-order valence-electron chi connectivity index (χ0n) is 45.9. The van der Waals surface area contributed by atoms with Gasteiger partial charge in [0.25, 0.3) is 0 Å². The highest BCUT2D eigenvalue weighted by Gasteiger charge is 2.44. The molecule has 6 N–H and O–H groups in total. The number of amides is 1. The fourth-order valence-corrected chi connectivity index (χ4v) is 10.3. The van der Waals surface area contributed by atoms with E-state index in [2.05, 4.69) is 19.2 Å². The Morgan fingerprint density at radius 1 is 0.435 bits per heavy atom. The van der Waals surface area contributed by atoms with Gasteiger partial charge in [-0.3, -0.25) is 4.79 Å². The third-order valence-corrected chi connectivity index (χ3v) is 15.2. The molecule has 0 saturated carbocycles. The maximum atomic E-state index is 13.1. The molecule has 1 heterocycles. The van der Waals surface area contributed by atoms with Crippen LogP contribution in [0.3, 0.4) is 0 Å². The number of carbonyl (C=O) groups excluding carboxylic acids is 1. The Morgan fingerprint density at radius 3 is 1.03 bits per heavy atom. The average Bonchev–Trinajstić information content (AvgIpc) is 3.35. The number of hydrogen-bond acceptors (Lipinski definition) is 8. The van der Waals surface area contributed by atoms with Crippen LogP contribution >= 0.6 is 0 Å². The first-order chi connectivity index (χ1) is 33.8. The molecule has 1 fully saturated rings. The highest BCUT2D eigenvalue weighted by atomic mass is 16.7. The van der Waals surface area contributed by atoms with E-state index in [0.717, 1.165) is 38.5 Å². The second kappa shape index (κ2) is 50.7. The van der Waals surface area contributed by atoms with Gasteiger partial charge < -0.3 is 40.3 Å². The van der Waals surface area contributed by atoms with Gasteiger partial charge in [0.15, 0.2) is 6.29 Å². The molecule has 0 aliphatic carbocycles. The highest BCUT2D eigenvalue weighted by molar-refractivity contribution is 5.76. The summed E-state index contributed by atoms with van der Waals surface area (Å²) in [6, 6.07) is -0.713. The van der Waals surface area contributed by atoms with Crippen LogP contribution in [0.15, 0.2) is 0 Å². The molecule has 69 heavy (non-hydrogen) atoms. The number of nitrogens with one attached hydrogen (secondary N) is 1. The van der Waals surface area contributed by atoms with Crippen LogP contribution in [-0.4, -0.2) is 87.5 Å². The molecule has 7 atom stereocenters. The van der Waals surface area contributed by atoms with Gasteiger partial charge in [-0.2, -0.15) is 0 Å². The molecule has 1 amide bonds. The maximum Gasteiger partial charge on any atom is 0.220 e. The number of aliphatic hydroxyl groups is 5. The van der Waals surface area contributed by atoms with Crippen molar-refractivity contribution in [2.24, 2.45) is 0 Å². The highest BCUT2D eigenvalue weighted by Crippen LogP contribution is 2.24. The van der Waals surface area contributed by atoms with Gasteiger partial charge in [-0.1, -0.05) is 303 Å². The molecule has 2 unspecified atom stereocenters. The Bertz CT molecular complexity index is 1050. The third kappa shape index (κ3) is 40.3. The minimum atomic E-state index is -1.55. The monoisotopic (exact) mass is 982 g/mol. The second-order valence-electron chi connectivity index (χ2n) is 21.9. The van der Waals surface area contributed by atoms with Crippen molar-refractivity contribution in [3.05, 3.63) is 0 Å². The van der Waals surface area contributed by atoms with Crippen molar-refractivity contribution in [3.63, 3.8) is 0 Å². The number of unbranched alkanes of at least 4 members (excludes halogenated alkanes) is 44. The predicted molar refractivity (Wildman–Crippen MR) is 291 cm³/mol. The molecule has 0 aromatic carbocycles. The fourth-order valence-electron chi connectivity index (χ4n) is 10.3. The van der Waals surface area contributed by atoms with Crippen molar-refractivity contribution >= 4 is 5.91 Å². The number of rotatable bonds is 54. The first kappa shape index (κ1) is 66.2. The van der Waals surface area contributed by atoms with Crippen molar-refractivity contribution in [1.82, 2.24) is 5.32 Å². The molecule has 412 valence electrons. The standard InChI is InChI=1S/C60H119NO8/c1-3-5-7-9-11-13-15-17-19-21-22-23-24-25-26-27-28-29-30-31-32-33-34-36-38-40-42-44-46-48-50-56(64)61-53(52-68-60-59(67)58(66)57(65)55(51-62)69-60)54(63)49-47-45-43-41-39-37-35-20-18-16-14-12-10-8-6-4-2/h53-55,57-60,62-63,65-67H,3-52H2,1-2H3,(H,61,64)/t53-,54+,55+,57+,58?,59?,60+/m0/s1. The number of carbonyl (C=O) groups is 1. The quantitative estimate of drug-likeness (QED) is 0.0330. The second-order valence-corrected chi connectivity index (χ2v) is 21.9. The Kier molecular flexibility index (Phi) is 48.7. The zero-order chi connectivity index (χ0) is 50.1. The number of ether oxygens (including phenoxy) is 2. The van der Waals surface area contributed by atoms with E-state index in [9.17, 15) is 30.3 Å². The Morgan fingerprint density at radius 2 is 0.725 bits per heavy atom. The smallest absolute Gasteiger partial charge is 0.220 e. The van der Waals surface area contributed by atoms with E-state index in [4.69, 9.17) is 9.47 Å². The van der Waals surface area contributed by atoms with Crippen LogP contribution in [0.5, 0.6) is 0 Å². The summed E-state index contributed by atoms with van der Waals surface area (Å²) in [5.74, 6) is -0.136. The maximum absolute atomic E-state index is 13.1. The largest absolute Gasteiger partial charge is 0.394 e. The molecule has 0 spiro atoms. The molecule has 0 aromatic rings. The van der Waals surface area contributed by atoms with Crippen LogP contribution in [0, 0.1) is 0 Å². The van der Waals surface area contributed by atoms with Crippen molar-refractivity contribution in [2.45, 2.75) is 365 Å². The molecular formula is C60H119NO8. The molecular weight excluding hydrogens is 863 g/mol. The van der Waals surface area contributed by atoms with Gasteiger partial charge in [0.2, 0.25) is 5.91 Å². The van der Waals surface area contributed by atoms with Crippen LogP contribution in [0.1, 0.15) is 322 Å². The lowest BCUT2D eigenvalue weighted by Gasteiger charge is -2.40. The van der Waals surface area contributed by atoms with Gasteiger partial charge in [0.05, 0.1) is 25.4 Å².